The van der Waals surface area contributed by atoms with Crippen molar-refractivity contribution in [2.75, 3.05) is 39.3 Å². The highest BCUT2D eigenvalue weighted by Crippen LogP contribution is 2.24. The molecule has 0 aromatic carbocycles. The first kappa shape index (κ1) is 17.9. The number of nitrogens with one attached hydrogen (secondary N) is 1. The molecule has 1 saturated heterocycles. The Morgan fingerprint density at radius 3 is 2.40 bits per heavy atom. The number of rotatable bonds is 9. The topological polar surface area (TPSA) is 24.5 Å². The van der Waals surface area contributed by atoms with E-state index in [2.05, 4.69) is 44.8 Å². The molecule has 0 aromatic rings. The van der Waals surface area contributed by atoms with Gasteiger partial charge in [-0.15, -0.1) is 0 Å². The van der Waals surface area contributed by atoms with Gasteiger partial charge in [-0.05, 0) is 44.1 Å². The van der Waals surface area contributed by atoms with Gasteiger partial charge in [-0.3, -0.25) is 0 Å². The van der Waals surface area contributed by atoms with Crippen molar-refractivity contribution in [2.24, 2.45) is 11.3 Å². The van der Waals surface area contributed by atoms with Crippen LogP contribution in [0.1, 0.15) is 53.9 Å². The first-order chi connectivity index (χ1) is 9.49. The van der Waals surface area contributed by atoms with Crippen LogP contribution >= 0.6 is 0 Å². The summed E-state index contributed by atoms with van der Waals surface area (Å²) in [5, 5.41) is 3.64. The van der Waals surface area contributed by atoms with Crippen LogP contribution < -0.4 is 5.32 Å². The fourth-order valence-electron chi connectivity index (χ4n) is 2.96. The number of nitrogens with zero attached hydrogens (tertiary/aromatic N) is 1. The van der Waals surface area contributed by atoms with Crippen LogP contribution in [0.25, 0.3) is 0 Å². The first-order valence-corrected chi connectivity index (χ1v) is 8.53. The number of ether oxygens (including phenoxy) is 1. The summed E-state index contributed by atoms with van der Waals surface area (Å²) >= 11 is 0. The predicted molar refractivity (Wildman–Crippen MR) is 87.2 cm³/mol. The van der Waals surface area contributed by atoms with Crippen molar-refractivity contribution in [3.63, 3.8) is 0 Å². The fourth-order valence-corrected chi connectivity index (χ4v) is 2.96. The third kappa shape index (κ3) is 6.55. The van der Waals surface area contributed by atoms with Crippen LogP contribution in [0.3, 0.4) is 0 Å². The highest BCUT2D eigenvalue weighted by atomic mass is 16.5. The van der Waals surface area contributed by atoms with Crippen LogP contribution in [0, 0.1) is 11.3 Å². The lowest BCUT2D eigenvalue weighted by atomic mass is 9.86. The van der Waals surface area contributed by atoms with Gasteiger partial charge in [-0.2, -0.15) is 0 Å². The van der Waals surface area contributed by atoms with Crippen LogP contribution in [0.2, 0.25) is 0 Å². The van der Waals surface area contributed by atoms with E-state index in [9.17, 15) is 0 Å². The minimum absolute atomic E-state index is 0.396. The molecule has 0 aliphatic carbocycles. The monoisotopic (exact) mass is 284 g/mol. The summed E-state index contributed by atoms with van der Waals surface area (Å²) in [7, 11) is 0. The standard InChI is InChI=1S/C17H36N2O/c1-6-17(5,13-18-12-15(3)4)14-19-10-8-16(9-11-19)20-7-2/h15-16,18H,6-14H2,1-5H3. The molecule has 1 rings (SSSR count). The second kappa shape index (κ2) is 9.01. The maximum Gasteiger partial charge on any atom is 0.0599 e. The zero-order valence-corrected chi connectivity index (χ0v) is 14.4. The molecule has 1 fully saturated rings. The van der Waals surface area contributed by atoms with Gasteiger partial charge < -0.3 is 15.0 Å². The van der Waals surface area contributed by atoms with Crippen LogP contribution in [-0.4, -0.2) is 50.3 Å². The third-order valence-corrected chi connectivity index (χ3v) is 4.50. The van der Waals surface area contributed by atoms with Crippen LogP contribution in [0.4, 0.5) is 0 Å². The van der Waals surface area contributed by atoms with E-state index in [1.54, 1.807) is 0 Å². The van der Waals surface area contributed by atoms with E-state index in [-0.39, 0.29) is 0 Å². The summed E-state index contributed by atoms with van der Waals surface area (Å²) in [6, 6.07) is 0. The lowest BCUT2D eigenvalue weighted by Gasteiger charge is -2.39. The summed E-state index contributed by atoms with van der Waals surface area (Å²) in [5.41, 5.74) is 0.396. The van der Waals surface area contributed by atoms with E-state index in [1.165, 1.54) is 38.9 Å². The van der Waals surface area contributed by atoms with E-state index in [1.807, 2.05) is 0 Å². The van der Waals surface area contributed by atoms with Crippen LogP contribution in [-0.2, 0) is 4.74 Å². The third-order valence-electron chi connectivity index (χ3n) is 4.50. The number of hydrogen-bond donors (Lipinski definition) is 1. The smallest absolute Gasteiger partial charge is 0.0599 e. The maximum atomic E-state index is 5.74. The molecule has 0 aromatic heterocycles. The Bertz CT molecular complexity index is 249. The van der Waals surface area contributed by atoms with Gasteiger partial charge in [0.1, 0.15) is 0 Å². The molecule has 0 bridgehead atoms. The Kier molecular flexibility index (Phi) is 8.08. The van der Waals surface area contributed by atoms with Crippen LogP contribution in [0.5, 0.6) is 0 Å². The van der Waals surface area contributed by atoms with Crippen molar-refractivity contribution in [3.8, 4) is 0 Å². The van der Waals surface area contributed by atoms with Crippen molar-refractivity contribution in [1.29, 1.82) is 0 Å². The molecule has 3 nitrogen and oxygen atoms in total. The van der Waals surface area contributed by atoms with Gasteiger partial charge in [-0.25, -0.2) is 0 Å². The Morgan fingerprint density at radius 1 is 1.25 bits per heavy atom. The zero-order valence-electron chi connectivity index (χ0n) is 14.4. The van der Waals surface area contributed by atoms with Gasteiger partial charge in [0.25, 0.3) is 0 Å². The number of likely N-dealkylation sites (tertiary alicyclic amines) is 1. The lowest BCUT2D eigenvalue weighted by molar-refractivity contribution is 0.00486. The summed E-state index contributed by atoms with van der Waals surface area (Å²) in [6.07, 6.45) is 4.15. The SMILES string of the molecule is CCOC1CCN(CC(C)(CC)CNCC(C)C)CC1. The highest BCUT2D eigenvalue weighted by molar-refractivity contribution is 4.82. The van der Waals surface area contributed by atoms with Gasteiger partial charge in [0.15, 0.2) is 0 Å². The quantitative estimate of drug-likeness (QED) is 0.704. The van der Waals surface area contributed by atoms with Crippen LogP contribution in [0.15, 0.2) is 0 Å². The van der Waals surface area contributed by atoms with Crippen molar-refractivity contribution < 1.29 is 4.74 Å². The van der Waals surface area contributed by atoms with Gasteiger partial charge in [0.2, 0.25) is 0 Å². The lowest BCUT2D eigenvalue weighted by Crippen LogP contribution is -2.46. The Hall–Kier alpha value is -0.120. The molecule has 3 heteroatoms. The first-order valence-electron chi connectivity index (χ1n) is 8.53. The van der Waals surface area contributed by atoms with E-state index in [0.717, 1.165) is 25.6 Å². The fraction of sp³-hybridized carbons (Fsp3) is 1.00. The molecule has 1 aliphatic heterocycles. The largest absolute Gasteiger partial charge is 0.378 e. The summed E-state index contributed by atoms with van der Waals surface area (Å²) < 4.78 is 5.74. The van der Waals surface area contributed by atoms with Crippen molar-refractivity contribution in [2.45, 2.75) is 60.0 Å². The summed E-state index contributed by atoms with van der Waals surface area (Å²) in [6.45, 7) is 18.1. The molecule has 0 amide bonds. The molecule has 1 heterocycles. The molecule has 0 saturated carbocycles. The summed E-state index contributed by atoms with van der Waals surface area (Å²) in [5.74, 6) is 0.734. The average molecular weight is 284 g/mol. The van der Waals surface area contributed by atoms with Crippen molar-refractivity contribution in [3.05, 3.63) is 0 Å². The molecule has 1 aliphatic rings. The minimum atomic E-state index is 0.396. The van der Waals surface area contributed by atoms with Gasteiger partial charge in [-0.1, -0.05) is 27.7 Å². The molecule has 0 spiro atoms. The molecule has 120 valence electrons. The molecule has 1 N–H and O–H groups in total. The van der Waals surface area contributed by atoms with Gasteiger partial charge in [0, 0.05) is 32.8 Å². The van der Waals surface area contributed by atoms with E-state index < -0.39 is 0 Å². The number of piperidine rings is 1. The average Bonchev–Trinajstić information content (AvgIpc) is 2.41. The normalized spacial score (nSPS) is 21.3. The highest BCUT2D eigenvalue weighted by Gasteiger charge is 2.28. The second-order valence-electron chi connectivity index (χ2n) is 7.12. The molecule has 1 unspecified atom stereocenters. The maximum absolute atomic E-state index is 5.74. The number of hydrogen-bond acceptors (Lipinski definition) is 3. The second-order valence-corrected chi connectivity index (χ2v) is 7.12. The predicted octanol–water partition coefficient (Wildman–Crippen LogP) is 3.15. The minimum Gasteiger partial charge on any atom is -0.378 e. The van der Waals surface area contributed by atoms with E-state index >= 15 is 0 Å². The van der Waals surface area contributed by atoms with E-state index in [0.29, 0.717) is 11.5 Å². The van der Waals surface area contributed by atoms with Crippen molar-refractivity contribution in [1.82, 2.24) is 10.2 Å². The summed E-state index contributed by atoms with van der Waals surface area (Å²) in [4.78, 5) is 2.63. The zero-order chi connectivity index (χ0) is 15.0. The molecule has 1 atom stereocenters. The molecular weight excluding hydrogens is 248 g/mol. The Morgan fingerprint density at radius 2 is 1.90 bits per heavy atom. The van der Waals surface area contributed by atoms with Gasteiger partial charge >= 0.3 is 0 Å². The molecule has 0 radical (unpaired) electrons. The van der Waals surface area contributed by atoms with E-state index in [4.69, 9.17) is 4.74 Å². The Balaban J connectivity index is 2.32. The Labute approximate surface area is 126 Å². The molecule has 20 heavy (non-hydrogen) atoms. The van der Waals surface area contributed by atoms with Crippen molar-refractivity contribution >= 4 is 0 Å². The van der Waals surface area contributed by atoms with Gasteiger partial charge in [0.05, 0.1) is 6.10 Å². The molecular formula is C17H36N2O.